The molecule has 1 fully saturated rings. The molecular weight excluding hydrogens is 164 g/mol. The SMILES string of the molecule is CNc1nnc(C(C)C2CC2)n1C. The van der Waals surface area contributed by atoms with Gasteiger partial charge < -0.3 is 9.88 Å². The molecule has 0 amide bonds. The van der Waals surface area contributed by atoms with Crippen molar-refractivity contribution in [3.05, 3.63) is 5.82 Å². The minimum Gasteiger partial charge on any atom is -0.357 e. The van der Waals surface area contributed by atoms with Gasteiger partial charge in [0.25, 0.3) is 0 Å². The Kier molecular flexibility index (Phi) is 1.98. The van der Waals surface area contributed by atoms with Crippen LogP contribution in [0.15, 0.2) is 0 Å². The van der Waals surface area contributed by atoms with Crippen molar-refractivity contribution in [1.29, 1.82) is 0 Å². The molecule has 1 aliphatic rings. The first-order chi connectivity index (χ1) is 6.24. The van der Waals surface area contributed by atoms with E-state index in [0.717, 1.165) is 17.7 Å². The van der Waals surface area contributed by atoms with Crippen molar-refractivity contribution in [3.8, 4) is 0 Å². The zero-order chi connectivity index (χ0) is 9.42. The summed E-state index contributed by atoms with van der Waals surface area (Å²) in [5.41, 5.74) is 0. The highest BCUT2D eigenvalue weighted by Gasteiger charge is 2.31. The Balaban J connectivity index is 2.23. The molecule has 1 aromatic rings. The molecule has 0 spiro atoms. The molecule has 1 aromatic heterocycles. The molecule has 0 bridgehead atoms. The number of nitrogens with one attached hydrogen (secondary N) is 1. The van der Waals surface area contributed by atoms with E-state index in [1.54, 1.807) is 0 Å². The molecular formula is C9H16N4. The monoisotopic (exact) mass is 180 g/mol. The first-order valence-electron chi connectivity index (χ1n) is 4.81. The third-order valence-electron chi connectivity index (χ3n) is 2.87. The van der Waals surface area contributed by atoms with E-state index in [1.807, 2.05) is 18.7 Å². The molecule has 0 aromatic carbocycles. The Labute approximate surface area is 78.4 Å². The molecule has 1 heterocycles. The predicted octanol–water partition coefficient (Wildman–Crippen LogP) is 1.37. The van der Waals surface area contributed by atoms with Gasteiger partial charge in [0.1, 0.15) is 5.82 Å². The third kappa shape index (κ3) is 1.41. The van der Waals surface area contributed by atoms with Crippen molar-refractivity contribution in [2.45, 2.75) is 25.7 Å². The number of nitrogens with zero attached hydrogens (tertiary/aromatic N) is 3. The lowest BCUT2D eigenvalue weighted by Crippen LogP contribution is -2.06. The van der Waals surface area contributed by atoms with Crippen molar-refractivity contribution in [3.63, 3.8) is 0 Å². The molecule has 0 aliphatic heterocycles. The fraction of sp³-hybridized carbons (Fsp3) is 0.778. The van der Waals surface area contributed by atoms with Crippen LogP contribution in [-0.4, -0.2) is 21.8 Å². The van der Waals surface area contributed by atoms with Crippen LogP contribution in [0.2, 0.25) is 0 Å². The lowest BCUT2D eigenvalue weighted by Gasteiger charge is -2.09. The van der Waals surface area contributed by atoms with Gasteiger partial charge in [-0.2, -0.15) is 0 Å². The van der Waals surface area contributed by atoms with E-state index in [-0.39, 0.29) is 0 Å². The normalized spacial score (nSPS) is 18.7. The van der Waals surface area contributed by atoms with Gasteiger partial charge in [0.15, 0.2) is 0 Å². The topological polar surface area (TPSA) is 42.7 Å². The number of anilines is 1. The number of rotatable bonds is 3. The van der Waals surface area contributed by atoms with Gasteiger partial charge >= 0.3 is 0 Å². The maximum Gasteiger partial charge on any atom is 0.224 e. The van der Waals surface area contributed by atoms with Crippen LogP contribution in [0.4, 0.5) is 5.95 Å². The van der Waals surface area contributed by atoms with Crippen LogP contribution in [0.25, 0.3) is 0 Å². The predicted molar refractivity (Wildman–Crippen MR) is 51.7 cm³/mol. The summed E-state index contributed by atoms with van der Waals surface area (Å²) in [6.45, 7) is 2.24. The molecule has 0 saturated heterocycles. The fourth-order valence-electron chi connectivity index (χ4n) is 1.76. The summed E-state index contributed by atoms with van der Waals surface area (Å²) < 4.78 is 2.04. The quantitative estimate of drug-likeness (QED) is 0.764. The highest BCUT2D eigenvalue weighted by Crippen LogP contribution is 2.41. The number of hydrogen-bond acceptors (Lipinski definition) is 3. The Morgan fingerprint density at radius 3 is 2.62 bits per heavy atom. The second-order valence-corrected chi connectivity index (χ2v) is 3.82. The fourth-order valence-corrected chi connectivity index (χ4v) is 1.76. The van der Waals surface area contributed by atoms with Crippen molar-refractivity contribution in [2.24, 2.45) is 13.0 Å². The van der Waals surface area contributed by atoms with Gasteiger partial charge in [-0.1, -0.05) is 6.92 Å². The molecule has 1 N–H and O–H groups in total. The average Bonchev–Trinajstić information content (AvgIpc) is 2.89. The van der Waals surface area contributed by atoms with Crippen LogP contribution in [0.5, 0.6) is 0 Å². The average molecular weight is 180 g/mol. The van der Waals surface area contributed by atoms with Crippen LogP contribution in [0.1, 0.15) is 31.5 Å². The maximum absolute atomic E-state index is 4.20. The van der Waals surface area contributed by atoms with Crippen molar-refractivity contribution < 1.29 is 0 Å². The van der Waals surface area contributed by atoms with Crippen LogP contribution >= 0.6 is 0 Å². The lowest BCUT2D eigenvalue weighted by molar-refractivity contribution is 0.593. The van der Waals surface area contributed by atoms with Gasteiger partial charge in [0, 0.05) is 20.0 Å². The molecule has 1 unspecified atom stereocenters. The van der Waals surface area contributed by atoms with E-state index in [4.69, 9.17) is 0 Å². The Bertz CT molecular complexity index is 301. The zero-order valence-electron chi connectivity index (χ0n) is 8.41. The first kappa shape index (κ1) is 8.53. The van der Waals surface area contributed by atoms with Crippen LogP contribution in [0.3, 0.4) is 0 Å². The van der Waals surface area contributed by atoms with E-state index >= 15 is 0 Å². The number of aromatic nitrogens is 3. The molecule has 2 rings (SSSR count). The van der Waals surface area contributed by atoms with Gasteiger partial charge in [0.2, 0.25) is 5.95 Å². The van der Waals surface area contributed by atoms with Crippen molar-refractivity contribution >= 4 is 5.95 Å². The second kappa shape index (κ2) is 3.01. The van der Waals surface area contributed by atoms with Gasteiger partial charge in [0.05, 0.1) is 0 Å². The van der Waals surface area contributed by atoms with E-state index in [2.05, 4.69) is 22.4 Å². The van der Waals surface area contributed by atoms with Gasteiger partial charge in [-0.3, -0.25) is 0 Å². The largest absolute Gasteiger partial charge is 0.357 e. The highest BCUT2D eigenvalue weighted by molar-refractivity contribution is 5.25. The van der Waals surface area contributed by atoms with Crippen LogP contribution in [-0.2, 0) is 7.05 Å². The summed E-state index contributed by atoms with van der Waals surface area (Å²) in [6.07, 6.45) is 2.70. The minimum absolute atomic E-state index is 0.555. The van der Waals surface area contributed by atoms with Gasteiger partial charge in [-0.15, -0.1) is 10.2 Å². The first-order valence-corrected chi connectivity index (χ1v) is 4.81. The van der Waals surface area contributed by atoms with E-state index < -0.39 is 0 Å². The van der Waals surface area contributed by atoms with Crippen molar-refractivity contribution in [1.82, 2.24) is 14.8 Å². The zero-order valence-corrected chi connectivity index (χ0v) is 8.41. The summed E-state index contributed by atoms with van der Waals surface area (Å²) in [4.78, 5) is 0. The molecule has 0 radical (unpaired) electrons. The van der Waals surface area contributed by atoms with Crippen molar-refractivity contribution in [2.75, 3.05) is 12.4 Å². The summed E-state index contributed by atoms with van der Waals surface area (Å²) in [7, 11) is 3.88. The van der Waals surface area contributed by atoms with E-state index in [0.29, 0.717) is 5.92 Å². The summed E-state index contributed by atoms with van der Waals surface area (Å²) >= 11 is 0. The van der Waals surface area contributed by atoms with Crippen LogP contribution < -0.4 is 5.32 Å². The summed E-state index contributed by atoms with van der Waals surface area (Å²) in [5, 5.41) is 11.3. The maximum atomic E-state index is 4.20. The molecule has 4 nitrogen and oxygen atoms in total. The molecule has 13 heavy (non-hydrogen) atoms. The van der Waals surface area contributed by atoms with Crippen LogP contribution in [0, 0.1) is 5.92 Å². The summed E-state index contributed by atoms with van der Waals surface area (Å²) in [6, 6.07) is 0. The Morgan fingerprint density at radius 2 is 2.15 bits per heavy atom. The Morgan fingerprint density at radius 1 is 1.46 bits per heavy atom. The highest BCUT2D eigenvalue weighted by atomic mass is 15.3. The van der Waals surface area contributed by atoms with E-state index in [9.17, 15) is 0 Å². The smallest absolute Gasteiger partial charge is 0.224 e. The molecule has 72 valence electrons. The summed E-state index contributed by atoms with van der Waals surface area (Å²) in [5.74, 6) is 3.35. The van der Waals surface area contributed by atoms with E-state index in [1.165, 1.54) is 12.8 Å². The third-order valence-corrected chi connectivity index (χ3v) is 2.87. The van der Waals surface area contributed by atoms with Gasteiger partial charge in [-0.05, 0) is 18.8 Å². The number of hydrogen-bond donors (Lipinski definition) is 1. The minimum atomic E-state index is 0.555. The van der Waals surface area contributed by atoms with Gasteiger partial charge in [-0.25, -0.2) is 0 Å². The standard InChI is InChI=1S/C9H16N4/c1-6(7-4-5-7)8-11-12-9(10-2)13(8)3/h6-7H,4-5H2,1-3H3,(H,10,12). The molecule has 4 heteroatoms. The Hall–Kier alpha value is -1.06. The molecule has 1 saturated carbocycles. The molecule has 1 aliphatic carbocycles. The molecule has 1 atom stereocenters. The lowest BCUT2D eigenvalue weighted by atomic mass is 10.1. The second-order valence-electron chi connectivity index (χ2n) is 3.82.